The van der Waals surface area contributed by atoms with E-state index in [0.29, 0.717) is 27.6 Å². The Labute approximate surface area is 152 Å². The van der Waals surface area contributed by atoms with Crippen molar-refractivity contribution in [2.45, 2.75) is 10.6 Å². The first kappa shape index (κ1) is 18.1. The summed E-state index contributed by atoms with van der Waals surface area (Å²) in [6.45, 7) is 0.181. The van der Waals surface area contributed by atoms with Gasteiger partial charge in [-0.1, -0.05) is 23.7 Å². The Morgan fingerprint density at radius 3 is 2.80 bits per heavy atom. The molecular formula is C15H13ClFN3O3S2. The van der Waals surface area contributed by atoms with E-state index in [1.54, 1.807) is 24.3 Å². The molecule has 3 rings (SSSR count). The van der Waals surface area contributed by atoms with Crippen molar-refractivity contribution in [2.75, 3.05) is 12.3 Å². The van der Waals surface area contributed by atoms with Crippen molar-refractivity contribution in [2.24, 2.45) is 0 Å². The Hall–Kier alpha value is -1.68. The van der Waals surface area contributed by atoms with Crippen LogP contribution in [0.1, 0.15) is 5.56 Å². The molecular weight excluding hydrogens is 389 g/mol. The number of fused-ring (bicyclic) bond motifs is 1. The van der Waals surface area contributed by atoms with Gasteiger partial charge in [0.1, 0.15) is 16.2 Å². The number of sulfonamides is 1. The van der Waals surface area contributed by atoms with E-state index in [9.17, 15) is 12.8 Å². The molecule has 0 aliphatic rings. The molecule has 1 heterocycles. The Balaban J connectivity index is 1.57. The lowest BCUT2D eigenvalue weighted by atomic mass is 10.2. The number of halogens is 2. The monoisotopic (exact) mass is 401 g/mol. The Morgan fingerprint density at radius 1 is 1.20 bits per heavy atom. The molecule has 6 nitrogen and oxygen atoms in total. The number of nitrogens with zero attached hydrogens (tertiary/aromatic N) is 2. The van der Waals surface area contributed by atoms with Crippen molar-refractivity contribution in [3.8, 4) is 0 Å². The number of hydrogen-bond acceptors (Lipinski definition) is 6. The van der Waals surface area contributed by atoms with Crippen LogP contribution in [0, 0.1) is 5.82 Å². The van der Waals surface area contributed by atoms with Gasteiger partial charge in [-0.3, -0.25) is 0 Å². The van der Waals surface area contributed by atoms with Crippen LogP contribution in [0.2, 0.25) is 5.02 Å². The maximum absolute atomic E-state index is 13.7. The van der Waals surface area contributed by atoms with Gasteiger partial charge in [-0.25, -0.2) is 22.2 Å². The molecule has 0 saturated heterocycles. The lowest BCUT2D eigenvalue weighted by Gasteiger charge is -2.08. The summed E-state index contributed by atoms with van der Waals surface area (Å²) in [5, 5.41) is 7.60. The van der Waals surface area contributed by atoms with Crippen LogP contribution in [-0.4, -0.2) is 31.0 Å². The van der Waals surface area contributed by atoms with E-state index in [2.05, 4.69) is 19.7 Å². The van der Waals surface area contributed by atoms with Gasteiger partial charge in [0.2, 0.25) is 10.0 Å². The fourth-order valence-electron chi connectivity index (χ4n) is 2.17. The average Bonchev–Trinajstić information content (AvgIpc) is 3.05. The second kappa shape index (κ2) is 7.69. The van der Waals surface area contributed by atoms with Gasteiger partial charge >= 0.3 is 0 Å². The fourth-order valence-corrected chi connectivity index (χ4v) is 4.68. The van der Waals surface area contributed by atoms with Crippen LogP contribution in [0.3, 0.4) is 0 Å². The van der Waals surface area contributed by atoms with Crippen LogP contribution < -0.4 is 4.72 Å². The SMILES string of the molecule is O=S(=O)(NCCSCc1c(F)cccc1Cl)c1cccc2nonc12. The summed E-state index contributed by atoms with van der Waals surface area (Å²) in [5.41, 5.74) is 0.961. The van der Waals surface area contributed by atoms with E-state index in [1.807, 2.05) is 0 Å². The predicted molar refractivity (Wildman–Crippen MR) is 94.6 cm³/mol. The van der Waals surface area contributed by atoms with Crippen molar-refractivity contribution in [1.82, 2.24) is 15.0 Å². The molecule has 1 aromatic heterocycles. The number of hydrogen-bond donors (Lipinski definition) is 1. The Morgan fingerprint density at radius 2 is 2.00 bits per heavy atom. The van der Waals surface area contributed by atoms with Crippen LogP contribution >= 0.6 is 23.4 Å². The zero-order valence-corrected chi connectivity index (χ0v) is 15.2. The Bertz CT molecular complexity index is 974. The number of benzene rings is 2. The third-order valence-corrected chi connectivity index (χ3v) is 6.22. The number of aromatic nitrogens is 2. The largest absolute Gasteiger partial charge is 0.243 e. The molecule has 10 heteroatoms. The molecule has 0 radical (unpaired) electrons. The van der Waals surface area contributed by atoms with Crippen molar-refractivity contribution in [3.05, 3.63) is 52.8 Å². The molecule has 3 aromatic rings. The molecule has 0 spiro atoms. The van der Waals surface area contributed by atoms with Gasteiger partial charge < -0.3 is 0 Å². The molecule has 25 heavy (non-hydrogen) atoms. The molecule has 0 aliphatic carbocycles. The summed E-state index contributed by atoms with van der Waals surface area (Å²) in [5.74, 6) is 0.443. The van der Waals surface area contributed by atoms with E-state index in [4.69, 9.17) is 11.6 Å². The summed E-state index contributed by atoms with van der Waals surface area (Å²) in [4.78, 5) is 0.00778. The van der Waals surface area contributed by atoms with E-state index in [1.165, 1.54) is 23.9 Å². The maximum atomic E-state index is 13.7. The van der Waals surface area contributed by atoms with Crippen molar-refractivity contribution in [3.63, 3.8) is 0 Å². The topological polar surface area (TPSA) is 85.1 Å². The van der Waals surface area contributed by atoms with E-state index in [-0.39, 0.29) is 22.8 Å². The number of nitrogens with one attached hydrogen (secondary N) is 1. The molecule has 0 aliphatic heterocycles. The summed E-state index contributed by atoms with van der Waals surface area (Å²) in [7, 11) is -3.74. The molecule has 0 bridgehead atoms. The standard InChI is InChI=1S/C15H13ClFN3O3S2/c16-11-3-1-4-12(17)10(11)9-24-8-7-18-25(21,22)14-6-2-5-13-15(14)20-23-19-13/h1-6,18H,7-9H2. The minimum atomic E-state index is -3.74. The van der Waals surface area contributed by atoms with Crippen molar-refractivity contribution >= 4 is 44.4 Å². The van der Waals surface area contributed by atoms with Gasteiger partial charge in [0, 0.05) is 28.6 Å². The Kier molecular flexibility index (Phi) is 5.57. The highest BCUT2D eigenvalue weighted by Gasteiger charge is 2.19. The fraction of sp³-hybridized carbons (Fsp3) is 0.200. The highest BCUT2D eigenvalue weighted by Crippen LogP contribution is 2.24. The molecule has 0 atom stereocenters. The average molecular weight is 402 g/mol. The molecule has 0 unspecified atom stereocenters. The second-order valence-corrected chi connectivity index (χ2v) is 8.29. The van der Waals surface area contributed by atoms with Crippen LogP contribution in [-0.2, 0) is 15.8 Å². The van der Waals surface area contributed by atoms with Gasteiger partial charge in [-0.05, 0) is 34.6 Å². The van der Waals surface area contributed by atoms with E-state index in [0.717, 1.165) is 0 Å². The third-order valence-electron chi connectivity index (χ3n) is 3.39. The summed E-state index contributed by atoms with van der Waals surface area (Å²) in [6, 6.07) is 9.11. The quantitative estimate of drug-likeness (QED) is 0.612. The molecule has 0 fully saturated rings. The van der Waals surface area contributed by atoms with Gasteiger partial charge in [-0.15, -0.1) is 0 Å². The van der Waals surface area contributed by atoms with E-state index >= 15 is 0 Å². The molecule has 1 N–H and O–H groups in total. The zero-order valence-electron chi connectivity index (χ0n) is 12.8. The van der Waals surface area contributed by atoms with Gasteiger partial charge in [0.25, 0.3) is 0 Å². The molecule has 0 saturated carbocycles. The summed E-state index contributed by atoms with van der Waals surface area (Å²) in [6.07, 6.45) is 0. The zero-order chi connectivity index (χ0) is 17.9. The van der Waals surface area contributed by atoms with Crippen LogP contribution in [0.5, 0.6) is 0 Å². The van der Waals surface area contributed by atoms with Gasteiger partial charge in [-0.2, -0.15) is 11.8 Å². The van der Waals surface area contributed by atoms with Crippen molar-refractivity contribution in [1.29, 1.82) is 0 Å². The van der Waals surface area contributed by atoms with E-state index < -0.39 is 10.0 Å². The summed E-state index contributed by atoms with van der Waals surface area (Å²) < 4.78 is 45.5. The number of rotatable bonds is 7. The minimum Gasteiger partial charge on any atom is -0.243 e. The maximum Gasteiger partial charge on any atom is 0.242 e. The minimum absolute atomic E-state index is 0.00778. The van der Waals surface area contributed by atoms with Crippen LogP contribution in [0.15, 0.2) is 45.9 Å². The second-order valence-electron chi connectivity index (χ2n) is 5.04. The van der Waals surface area contributed by atoms with Gasteiger partial charge in [0.15, 0.2) is 5.52 Å². The lowest BCUT2D eigenvalue weighted by molar-refractivity contribution is 0.315. The van der Waals surface area contributed by atoms with Crippen LogP contribution in [0.25, 0.3) is 11.0 Å². The van der Waals surface area contributed by atoms with Crippen molar-refractivity contribution < 1.29 is 17.4 Å². The molecule has 0 amide bonds. The number of thioether (sulfide) groups is 1. The highest BCUT2D eigenvalue weighted by atomic mass is 35.5. The first-order valence-electron chi connectivity index (χ1n) is 7.20. The highest BCUT2D eigenvalue weighted by molar-refractivity contribution is 7.98. The normalized spacial score (nSPS) is 11.9. The first-order valence-corrected chi connectivity index (χ1v) is 10.2. The van der Waals surface area contributed by atoms with Crippen LogP contribution in [0.4, 0.5) is 4.39 Å². The van der Waals surface area contributed by atoms with Gasteiger partial charge in [0.05, 0.1) is 0 Å². The molecule has 132 valence electrons. The smallest absolute Gasteiger partial charge is 0.242 e. The summed E-state index contributed by atoms with van der Waals surface area (Å²) >= 11 is 7.33. The molecule has 2 aromatic carbocycles. The lowest BCUT2D eigenvalue weighted by Crippen LogP contribution is -2.26. The third kappa shape index (κ3) is 4.12. The predicted octanol–water partition coefficient (Wildman–Crippen LogP) is 3.23. The first-order chi connectivity index (χ1) is 12.0.